The Balaban J connectivity index is 1.92. The van der Waals surface area contributed by atoms with Crippen molar-refractivity contribution in [2.75, 3.05) is 48.0 Å². The summed E-state index contributed by atoms with van der Waals surface area (Å²) in [5.41, 5.74) is 1.95. The molecule has 11 heteroatoms. The average molecular weight is 551 g/mol. The molecule has 0 bridgehead atoms. The molecule has 0 aliphatic rings. The standard InChI is InChI=1S/C29H30N2O9/c1-35-22-9-7-8-20(12-10-19-16-24(37-3)29(40-6)25(17-19)38-4)27(22)30-26(32)13-11-18-14-21(31(33)34)28(39-5)23(15-18)36-2/h7-17H,1-6H3,(H,30,32)/b12-10+,13-11+. The van der Waals surface area contributed by atoms with E-state index in [4.69, 9.17) is 28.4 Å². The van der Waals surface area contributed by atoms with E-state index >= 15 is 0 Å². The molecular weight excluding hydrogens is 520 g/mol. The highest BCUT2D eigenvalue weighted by atomic mass is 16.6. The largest absolute Gasteiger partial charge is 0.495 e. The van der Waals surface area contributed by atoms with Crippen molar-refractivity contribution in [3.63, 3.8) is 0 Å². The third-order valence-electron chi connectivity index (χ3n) is 5.77. The van der Waals surface area contributed by atoms with Crippen LogP contribution in [0.3, 0.4) is 0 Å². The lowest BCUT2D eigenvalue weighted by Gasteiger charge is -2.14. The van der Waals surface area contributed by atoms with Gasteiger partial charge in [-0.3, -0.25) is 14.9 Å². The molecule has 0 aliphatic heterocycles. The zero-order valence-electron chi connectivity index (χ0n) is 23.0. The van der Waals surface area contributed by atoms with Gasteiger partial charge < -0.3 is 33.7 Å². The molecule has 3 aromatic rings. The topological polar surface area (TPSA) is 128 Å². The molecule has 1 amide bonds. The third-order valence-corrected chi connectivity index (χ3v) is 5.77. The molecule has 11 nitrogen and oxygen atoms in total. The minimum atomic E-state index is -0.583. The molecule has 210 valence electrons. The molecule has 0 spiro atoms. The average Bonchev–Trinajstić information content (AvgIpc) is 2.97. The second-order valence-corrected chi connectivity index (χ2v) is 8.07. The maximum absolute atomic E-state index is 12.9. The van der Waals surface area contributed by atoms with Gasteiger partial charge in [-0.1, -0.05) is 24.3 Å². The first kappa shape index (κ1) is 29.4. The first-order chi connectivity index (χ1) is 19.3. The van der Waals surface area contributed by atoms with Gasteiger partial charge in [-0.25, -0.2) is 0 Å². The molecule has 0 aromatic heterocycles. The van der Waals surface area contributed by atoms with Crippen molar-refractivity contribution in [1.29, 1.82) is 0 Å². The van der Waals surface area contributed by atoms with Crippen molar-refractivity contribution in [1.82, 2.24) is 0 Å². The Bertz CT molecular complexity index is 1420. The van der Waals surface area contributed by atoms with E-state index in [1.165, 1.54) is 66.9 Å². The molecule has 0 saturated heterocycles. The second kappa shape index (κ2) is 13.6. The van der Waals surface area contributed by atoms with Gasteiger partial charge in [0.05, 0.1) is 53.3 Å². The molecule has 0 atom stereocenters. The summed E-state index contributed by atoms with van der Waals surface area (Å²) in [6.07, 6.45) is 6.32. The SMILES string of the molecule is COc1cccc(/C=C/c2cc(OC)c(OC)c(OC)c2)c1NC(=O)/C=C/c1cc(OC)c(OC)c([N+](=O)[O-])c1. The molecule has 3 aromatic carbocycles. The molecule has 0 heterocycles. The fraction of sp³-hybridized carbons (Fsp3) is 0.207. The molecule has 0 saturated carbocycles. The number of rotatable bonds is 12. The number of nitro groups is 1. The number of amides is 1. The summed E-state index contributed by atoms with van der Waals surface area (Å²) in [5, 5.41) is 14.3. The van der Waals surface area contributed by atoms with Crippen molar-refractivity contribution < 1.29 is 38.1 Å². The van der Waals surface area contributed by atoms with E-state index in [0.717, 1.165) is 5.56 Å². The second-order valence-electron chi connectivity index (χ2n) is 8.07. The molecule has 0 radical (unpaired) electrons. The number of para-hydroxylation sites is 1. The first-order valence-electron chi connectivity index (χ1n) is 11.8. The van der Waals surface area contributed by atoms with Crippen LogP contribution < -0.4 is 33.7 Å². The van der Waals surface area contributed by atoms with Crippen LogP contribution in [0.1, 0.15) is 16.7 Å². The van der Waals surface area contributed by atoms with Crippen molar-refractivity contribution in [3.8, 4) is 34.5 Å². The highest BCUT2D eigenvalue weighted by molar-refractivity contribution is 6.04. The minimum absolute atomic E-state index is 0.00773. The van der Waals surface area contributed by atoms with E-state index in [1.807, 2.05) is 12.1 Å². The predicted molar refractivity (Wildman–Crippen MR) is 152 cm³/mol. The van der Waals surface area contributed by atoms with Gasteiger partial charge in [0.2, 0.25) is 17.4 Å². The van der Waals surface area contributed by atoms with Crippen LogP contribution in [-0.4, -0.2) is 53.5 Å². The van der Waals surface area contributed by atoms with Crippen LogP contribution in [0.5, 0.6) is 34.5 Å². The van der Waals surface area contributed by atoms with E-state index < -0.39 is 10.8 Å². The zero-order chi connectivity index (χ0) is 29.2. The van der Waals surface area contributed by atoms with Crippen molar-refractivity contribution in [2.45, 2.75) is 0 Å². The van der Waals surface area contributed by atoms with E-state index in [2.05, 4.69) is 5.32 Å². The number of carbonyl (C=O) groups is 1. The van der Waals surface area contributed by atoms with Crippen LogP contribution >= 0.6 is 0 Å². The zero-order valence-corrected chi connectivity index (χ0v) is 23.0. The Hall–Kier alpha value is -5.19. The summed E-state index contributed by atoms with van der Waals surface area (Å²) >= 11 is 0. The maximum atomic E-state index is 12.9. The molecular formula is C29H30N2O9. The Labute approximate surface area is 231 Å². The summed E-state index contributed by atoms with van der Waals surface area (Å²) in [4.78, 5) is 23.8. The van der Waals surface area contributed by atoms with Gasteiger partial charge >= 0.3 is 5.69 Å². The number of nitrogens with zero attached hydrogens (tertiary/aromatic N) is 1. The summed E-state index contributed by atoms with van der Waals surface area (Å²) in [5.74, 6) is 1.60. The number of hydrogen-bond acceptors (Lipinski definition) is 9. The van der Waals surface area contributed by atoms with Crippen molar-refractivity contribution >= 4 is 35.5 Å². The van der Waals surface area contributed by atoms with Gasteiger partial charge in [-0.2, -0.15) is 0 Å². The lowest BCUT2D eigenvalue weighted by Crippen LogP contribution is -2.10. The number of anilines is 1. The van der Waals surface area contributed by atoms with E-state index in [0.29, 0.717) is 39.8 Å². The molecule has 1 N–H and O–H groups in total. The van der Waals surface area contributed by atoms with Crippen LogP contribution in [0.2, 0.25) is 0 Å². The van der Waals surface area contributed by atoms with Crippen LogP contribution in [0.25, 0.3) is 18.2 Å². The van der Waals surface area contributed by atoms with Crippen molar-refractivity contribution in [2.24, 2.45) is 0 Å². The normalized spacial score (nSPS) is 10.8. The monoisotopic (exact) mass is 550 g/mol. The Morgan fingerprint density at radius 2 is 1.27 bits per heavy atom. The van der Waals surface area contributed by atoms with E-state index in [-0.39, 0.29) is 17.2 Å². The summed E-state index contributed by atoms with van der Waals surface area (Å²) < 4.78 is 32.0. The first-order valence-corrected chi connectivity index (χ1v) is 11.8. The number of benzene rings is 3. The van der Waals surface area contributed by atoms with Gasteiger partial charge in [-0.15, -0.1) is 0 Å². The number of ether oxygens (including phenoxy) is 6. The number of nitro benzene ring substituents is 1. The number of carbonyl (C=O) groups excluding carboxylic acids is 1. The highest BCUT2D eigenvalue weighted by Crippen LogP contribution is 2.40. The highest BCUT2D eigenvalue weighted by Gasteiger charge is 2.21. The molecule has 40 heavy (non-hydrogen) atoms. The Morgan fingerprint density at radius 1 is 0.725 bits per heavy atom. The third kappa shape index (κ3) is 6.62. The maximum Gasteiger partial charge on any atom is 0.315 e. The van der Waals surface area contributed by atoms with Gasteiger partial charge in [0.25, 0.3) is 0 Å². The van der Waals surface area contributed by atoms with E-state index in [9.17, 15) is 14.9 Å². The van der Waals surface area contributed by atoms with Crippen LogP contribution in [0, 0.1) is 10.1 Å². The summed E-state index contributed by atoms with van der Waals surface area (Å²) in [7, 11) is 8.78. The summed E-state index contributed by atoms with van der Waals surface area (Å²) in [6, 6.07) is 11.7. The lowest BCUT2D eigenvalue weighted by atomic mass is 10.1. The van der Waals surface area contributed by atoms with E-state index in [1.54, 1.807) is 30.3 Å². The fourth-order valence-electron chi connectivity index (χ4n) is 3.91. The van der Waals surface area contributed by atoms with Crippen molar-refractivity contribution in [3.05, 3.63) is 75.3 Å². The smallest absolute Gasteiger partial charge is 0.315 e. The van der Waals surface area contributed by atoms with Crippen LogP contribution in [-0.2, 0) is 4.79 Å². The van der Waals surface area contributed by atoms with Gasteiger partial charge in [0, 0.05) is 17.7 Å². The summed E-state index contributed by atoms with van der Waals surface area (Å²) in [6.45, 7) is 0. The Morgan fingerprint density at radius 3 is 1.80 bits per heavy atom. The molecule has 0 fully saturated rings. The molecule has 0 unspecified atom stereocenters. The quantitative estimate of drug-likeness (QED) is 0.135. The fourth-order valence-corrected chi connectivity index (χ4v) is 3.91. The molecule has 3 rings (SSSR count). The van der Waals surface area contributed by atoms with Gasteiger partial charge in [0.15, 0.2) is 17.2 Å². The number of hydrogen-bond donors (Lipinski definition) is 1. The van der Waals surface area contributed by atoms with Crippen LogP contribution in [0.15, 0.2) is 48.5 Å². The minimum Gasteiger partial charge on any atom is -0.495 e. The number of methoxy groups -OCH3 is 6. The number of nitrogens with one attached hydrogen (secondary N) is 1. The van der Waals surface area contributed by atoms with Gasteiger partial charge in [0.1, 0.15) is 5.75 Å². The van der Waals surface area contributed by atoms with Gasteiger partial charge in [-0.05, 0) is 41.5 Å². The lowest BCUT2D eigenvalue weighted by molar-refractivity contribution is -0.385. The predicted octanol–water partition coefficient (Wildman–Crippen LogP) is 5.47. The van der Waals surface area contributed by atoms with Crippen LogP contribution in [0.4, 0.5) is 11.4 Å². The Kier molecular flexibility index (Phi) is 9.95. The molecule has 0 aliphatic carbocycles.